The Balaban J connectivity index is 1.78. The summed E-state index contributed by atoms with van der Waals surface area (Å²) in [6, 6.07) is 14.9. The third-order valence-electron chi connectivity index (χ3n) is 4.84. The lowest BCUT2D eigenvalue weighted by Crippen LogP contribution is -2.31. The van der Waals surface area contributed by atoms with E-state index >= 15 is 0 Å². The zero-order chi connectivity index (χ0) is 19.7. The van der Waals surface area contributed by atoms with Gasteiger partial charge in [0.05, 0.1) is 12.7 Å². The van der Waals surface area contributed by atoms with Crippen LogP contribution in [0.15, 0.2) is 66.1 Å². The van der Waals surface area contributed by atoms with Crippen LogP contribution in [0, 0.1) is 6.92 Å². The Morgan fingerprint density at radius 2 is 2.00 bits per heavy atom. The number of fused-ring (bicyclic) bond motifs is 1. The van der Waals surface area contributed by atoms with E-state index in [1.807, 2.05) is 62.4 Å². The quantitative estimate of drug-likeness (QED) is 0.729. The number of para-hydroxylation sites is 1. The van der Waals surface area contributed by atoms with E-state index < -0.39 is 6.04 Å². The highest BCUT2D eigenvalue weighted by molar-refractivity contribution is 6.06. The first kappa shape index (κ1) is 17.8. The molecule has 0 bridgehead atoms. The molecule has 0 unspecified atom stereocenters. The number of carbonyl (C=O) groups excluding carboxylic acids is 1. The van der Waals surface area contributed by atoms with Gasteiger partial charge in [0, 0.05) is 11.4 Å². The number of nitrogens with one attached hydrogen (secondary N) is 2. The first-order chi connectivity index (χ1) is 13.6. The fourth-order valence-electron chi connectivity index (χ4n) is 3.41. The molecule has 0 radical (unpaired) electrons. The summed E-state index contributed by atoms with van der Waals surface area (Å²) >= 11 is 0. The molecule has 7 heteroatoms. The molecule has 2 heterocycles. The number of allylic oxidation sites excluding steroid dienone is 1. The highest BCUT2D eigenvalue weighted by Crippen LogP contribution is 2.36. The average Bonchev–Trinajstić information content (AvgIpc) is 3.16. The summed E-state index contributed by atoms with van der Waals surface area (Å²) in [5, 5.41) is 10.6. The predicted octanol–water partition coefficient (Wildman–Crippen LogP) is 3.52. The fraction of sp³-hybridized carbons (Fsp3) is 0.190. The summed E-state index contributed by atoms with van der Waals surface area (Å²) in [6.07, 6.45) is 1.48. The molecule has 28 heavy (non-hydrogen) atoms. The summed E-state index contributed by atoms with van der Waals surface area (Å²) in [7, 11) is 1.62. The lowest BCUT2D eigenvalue weighted by molar-refractivity contribution is -0.113. The molecule has 2 N–H and O–H groups in total. The van der Waals surface area contributed by atoms with Gasteiger partial charge in [-0.3, -0.25) is 4.79 Å². The van der Waals surface area contributed by atoms with Gasteiger partial charge in [0.1, 0.15) is 18.1 Å². The molecular formula is C21H21N5O2. The molecule has 2 aromatic carbocycles. The zero-order valence-corrected chi connectivity index (χ0v) is 15.9. The van der Waals surface area contributed by atoms with Crippen molar-refractivity contribution >= 4 is 17.5 Å². The van der Waals surface area contributed by atoms with Gasteiger partial charge >= 0.3 is 0 Å². The summed E-state index contributed by atoms with van der Waals surface area (Å²) in [5.74, 6) is 1.13. The Bertz CT molecular complexity index is 1070. The number of nitrogens with zero attached hydrogens (tertiary/aromatic N) is 3. The molecule has 142 valence electrons. The molecular weight excluding hydrogens is 354 g/mol. The van der Waals surface area contributed by atoms with E-state index in [0.717, 1.165) is 22.5 Å². The van der Waals surface area contributed by atoms with Gasteiger partial charge in [-0.15, -0.1) is 0 Å². The number of rotatable bonds is 4. The van der Waals surface area contributed by atoms with Crippen molar-refractivity contribution in [1.82, 2.24) is 14.8 Å². The number of ether oxygens (including phenoxy) is 1. The smallest absolute Gasteiger partial charge is 0.255 e. The molecule has 0 saturated heterocycles. The molecule has 1 aromatic heterocycles. The molecule has 0 saturated carbocycles. The second kappa shape index (κ2) is 7.19. The summed E-state index contributed by atoms with van der Waals surface area (Å²) in [4.78, 5) is 17.6. The number of aryl methyl sites for hydroxylation is 1. The van der Waals surface area contributed by atoms with Gasteiger partial charge in [0.2, 0.25) is 5.95 Å². The number of amides is 1. The summed E-state index contributed by atoms with van der Waals surface area (Å²) in [5.41, 5.74) is 3.98. The highest BCUT2D eigenvalue weighted by atomic mass is 16.5. The minimum Gasteiger partial charge on any atom is -0.497 e. The van der Waals surface area contributed by atoms with Crippen molar-refractivity contribution in [2.24, 2.45) is 0 Å². The van der Waals surface area contributed by atoms with Crippen LogP contribution in [0.1, 0.15) is 24.1 Å². The molecule has 0 spiro atoms. The van der Waals surface area contributed by atoms with Crippen LogP contribution in [0.3, 0.4) is 0 Å². The second-order valence-corrected chi connectivity index (χ2v) is 6.64. The molecule has 1 aliphatic rings. The van der Waals surface area contributed by atoms with Gasteiger partial charge in [-0.2, -0.15) is 10.1 Å². The number of hydrogen-bond acceptors (Lipinski definition) is 5. The Labute approximate surface area is 163 Å². The van der Waals surface area contributed by atoms with Gasteiger partial charge in [-0.1, -0.05) is 30.3 Å². The van der Waals surface area contributed by atoms with Gasteiger partial charge in [-0.25, -0.2) is 4.68 Å². The first-order valence-electron chi connectivity index (χ1n) is 8.96. The summed E-state index contributed by atoms with van der Waals surface area (Å²) < 4.78 is 7.09. The van der Waals surface area contributed by atoms with E-state index in [2.05, 4.69) is 20.7 Å². The standard InChI is InChI=1S/C21H21N5O2/c1-13-7-4-5-10-17(13)25-20(27)18-14(2)24-21-22-12-23-26(21)19(18)15-8-6-9-16(11-15)28-3/h4-12,19H,1-3H3,(H,25,27)(H,22,23,24)/t19-/m1/s1. The third kappa shape index (κ3) is 3.11. The number of anilines is 2. The minimum absolute atomic E-state index is 0.187. The number of methoxy groups -OCH3 is 1. The number of hydrogen-bond donors (Lipinski definition) is 2. The Kier molecular flexibility index (Phi) is 4.57. The van der Waals surface area contributed by atoms with Crippen molar-refractivity contribution < 1.29 is 9.53 Å². The average molecular weight is 375 g/mol. The van der Waals surface area contributed by atoms with Crippen molar-refractivity contribution in [2.75, 3.05) is 17.7 Å². The molecule has 3 aromatic rings. The van der Waals surface area contributed by atoms with E-state index in [0.29, 0.717) is 17.3 Å². The Hall–Kier alpha value is -3.61. The van der Waals surface area contributed by atoms with Crippen LogP contribution in [0.25, 0.3) is 0 Å². The highest BCUT2D eigenvalue weighted by Gasteiger charge is 2.33. The van der Waals surface area contributed by atoms with Crippen molar-refractivity contribution in [3.05, 3.63) is 77.3 Å². The van der Waals surface area contributed by atoms with Crippen molar-refractivity contribution in [3.8, 4) is 5.75 Å². The van der Waals surface area contributed by atoms with Gasteiger partial charge < -0.3 is 15.4 Å². The van der Waals surface area contributed by atoms with E-state index in [9.17, 15) is 4.79 Å². The molecule has 1 amide bonds. The van der Waals surface area contributed by atoms with Crippen LogP contribution in [-0.2, 0) is 4.79 Å². The van der Waals surface area contributed by atoms with E-state index in [1.54, 1.807) is 11.8 Å². The van der Waals surface area contributed by atoms with E-state index in [-0.39, 0.29) is 5.91 Å². The fourth-order valence-corrected chi connectivity index (χ4v) is 3.41. The maximum atomic E-state index is 13.3. The largest absolute Gasteiger partial charge is 0.497 e. The molecule has 1 aliphatic heterocycles. The molecule has 4 rings (SSSR count). The normalized spacial score (nSPS) is 15.6. The topological polar surface area (TPSA) is 81.1 Å². The Morgan fingerprint density at radius 1 is 1.18 bits per heavy atom. The summed E-state index contributed by atoms with van der Waals surface area (Å²) in [6.45, 7) is 3.84. The molecule has 7 nitrogen and oxygen atoms in total. The lowest BCUT2D eigenvalue weighted by Gasteiger charge is -2.29. The van der Waals surface area contributed by atoms with Gasteiger partial charge in [0.15, 0.2) is 0 Å². The lowest BCUT2D eigenvalue weighted by atomic mass is 9.94. The first-order valence-corrected chi connectivity index (χ1v) is 8.96. The maximum absolute atomic E-state index is 13.3. The molecule has 0 aliphatic carbocycles. The zero-order valence-electron chi connectivity index (χ0n) is 15.9. The monoisotopic (exact) mass is 375 g/mol. The van der Waals surface area contributed by atoms with Crippen LogP contribution in [0.4, 0.5) is 11.6 Å². The van der Waals surface area contributed by atoms with Crippen LogP contribution in [0.5, 0.6) is 5.75 Å². The SMILES string of the molecule is COc1cccc([C@@H]2C(C(=O)Nc3ccccc3C)=C(C)Nc3ncnn32)c1. The molecule has 0 fully saturated rings. The predicted molar refractivity (Wildman–Crippen MR) is 107 cm³/mol. The van der Waals surface area contributed by atoms with Crippen LogP contribution in [-0.4, -0.2) is 27.8 Å². The van der Waals surface area contributed by atoms with Crippen LogP contribution >= 0.6 is 0 Å². The second-order valence-electron chi connectivity index (χ2n) is 6.64. The van der Waals surface area contributed by atoms with Crippen molar-refractivity contribution in [1.29, 1.82) is 0 Å². The van der Waals surface area contributed by atoms with Gasteiger partial charge in [-0.05, 0) is 43.2 Å². The number of benzene rings is 2. The molecule has 1 atom stereocenters. The van der Waals surface area contributed by atoms with Crippen LogP contribution in [0.2, 0.25) is 0 Å². The van der Waals surface area contributed by atoms with Gasteiger partial charge in [0.25, 0.3) is 5.91 Å². The number of carbonyl (C=O) groups is 1. The minimum atomic E-state index is -0.419. The van der Waals surface area contributed by atoms with Crippen LogP contribution < -0.4 is 15.4 Å². The number of aromatic nitrogens is 3. The van der Waals surface area contributed by atoms with Crippen molar-refractivity contribution in [2.45, 2.75) is 19.9 Å². The maximum Gasteiger partial charge on any atom is 0.255 e. The Morgan fingerprint density at radius 3 is 2.79 bits per heavy atom. The van der Waals surface area contributed by atoms with Crippen molar-refractivity contribution in [3.63, 3.8) is 0 Å². The third-order valence-corrected chi connectivity index (χ3v) is 4.84. The van der Waals surface area contributed by atoms with E-state index in [4.69, 9.17) is 4.74 Å². The van der Waals surface area contributed by atoms with E-state index in [1.165, 1.54) is 6.33 Å².